The Labute approximate surface area is 121 Å². The maximum absolute atomic E-state index is 11.1. The normalized spacial score (nSPS) is 21.2. The van der Waals surface area contributed by atoms with Crippen molar-refractivity contribution in [2.75, 3.05) is 11.9 Å². The SMILES string of the molecule is Cc1c(NCC2CCCC2O)cc(C(=O)O)cc1[N+](=O)[O-]. The van der Waals surface area contributed by atoms with Gasteiger partial charge in [0, 0.05) is 29.8 Å². The molecule has 1 fully saturated rings. The maximum atomic E-state index is 11.1. The largest absolute Gasteiger partial charge is 0.478 e. The summed E-state index contributed by atoms with van der Waals surface area (Å²) in [5.74, 6) is -1.11. The quantitative estimate of drug-likeness (QED) is 0.566. The Kier molecular flexibility index (Phi) is 4.42. The van der Waals surface area contributed by atoms with Crippen molar-refractivity contribution >= 4 is 17.3 Å². The average Bonchev–Trinajstić information content (AvgIpc) is 2.82. The van der Waals surface area contributed by atoms with Crippen LogP contribution in [0, 0.1) is 23.0 Å². The lowest BCUT2D eigenvalue weighted by Gasteiger charge is -2.17. The Bertz CT molecular complexity index is 573. The van der Waals surface area contributed by atoms with Crippen LogP contribution in [0.4, 0.5) is 11.4 Å². The van der Waals surface area contributed by atoms with E-state index in [1.807, 2.05) is 0 Å². The highest BCUT2D eigenvalue weighted by molar-refractivity contribution is 5.90. The summed E-state index contributed by atoms with van der Waals surface area (Å²) in [6.45, 7) is 2.05. The molecule has 114 valence electrons. The van der Waals surface area contributed by atoms with Crippen molar-refractivity contribution in [3.8, 4) is 0 Å². The fraction of sp³-hybridized carbons (Fsp3) is 0.500. The molecule has 0 amide bonds. The third-order valence-electron chi connectivity index (χ3n) is 4.00. The van der Waals surface area contributed by atoms with Gasteiger partial charge in [-0.25, -0.2) is 4.79 Å². The van der Waals surface area contributed by atoms with Gasteiger partial charge in [-0.2, -0.15) is 0 Å². The molecule has 0 aromatic heterocycles. The molecule has 1 aliphatic carbocycles. The highest BCUT2D eigenvalue weighted by Crippen LogP contribution is 2.30. The topological polar surface area (TPSA) is 113 Å². The summed E-state index contributed by atoms with van der Waals surface area (Å²) >= 11 is 0. The van der Waals surface area contributed by atoms with E-state index in [0.717, 1.165) is 25.3 Å². The number of hydrogen-bond donors (Lipinski definition) is 3. The number of hydrogen-bond acceptors (Lipinski definition) is 5. The molecule has 21 heavy (non-hydrogen) atoms. The van der Waals surface area contributed by atoms with E-state index < -0.39 is 10.9 Å². The molecule has 1 saturated carbocycles. The van der Waals surface area contributed by atoms with Crippen molar-refractivity contribution in [1.82, 2.24) is 0 Å². The molecule has 0 aliphatic heterocycles. The minimum Gasteiger partial charge on any atom is -0.478 e. The second-order valence-electron chi connectivity index (χ2n) is 5.37. The molecule has 0 saturated heterocycles. The summed E-state index contributed by atoms with van der Waals surface area (Å²) in [4.78, 5) is 21.5. The van der Waals surface area contributed by atoms with Crippen molar-refractivity contribution in [2.45, 2.75) is 32.3 Å². The number of aromatic carboxylic acids is 1. The summed E-state index contributed by atoms with van der Waals surface area (Å²) in [5, 5.41) is 32.9. The molecular weight excluding hydrogens is 276 g/mol. The molecule has 7 heteroatoms. The van der Waals surface area contributed by atoms with E-state index >= 15 is 0 Å². The zero-order valence-electron chi connectivity index (χ0n) is 11.7. The van der Waals surface area contributed by atoms with Crippen molar-refractivity contribution in [1.29, 1.82) is 0 Å². The van der Waals surface area contributed by atoms with E-state index in [0.29, 0.717) is 17.8 Å². The molecule has 0 spiro atoms. The van der Waals surface area contributed by atoms with Crippen LogP contribution in [0.5, 0.6) is 0 Å². The predicted molar refractivity (Wildman–Crippen MR) is 76.6 cm³/mol. The van der Waals surface area contributed by atoms with Crippen molar-refractivity contribution in [3.05, 3.63) is 33.4 Å². The monoisotopic (exact) mass is 294 g/mol. The number of rotatable bonds is 5. The average molecular weight is 294 g/mol. The predicted octanol–water partition coefficient (Wildman–Crippen LogP) is 2.17. The number of anilines is 1. The summed E-state index contributed by atoms with van der Waals surface area (Å²) in [5.41, 5.74) is 0.490. The van der Waals surface area contributed by atoms with Crippen LogP contribution in [-0.2, 0) is 0 Å². The lowest BCUT2D eigenvalue weighted by Crippen LogP contribution is -2.22. The van der Waals surface area contributed by atoms with Crippen LogP contribution in [0.1, 0.15) is 35.2 Å². The number of aliphatic hydroxyl groups is 1. The van der Waals surface area contributed by atoms with Crippen LogP contribution in [-0.4, -0.2) is 33.8 Å². The van der Waals surface area contributed by atoms with Crippen molar-refractivity contribution < 1.29 is 19.9 Å². The van der Waals surface area contributed by atoms with E-state index in [1.54, 1.807) is 6.92 Å². The Hall–Kier alpha value is -2.15. The second-order valence-corrected chi connectivity index (χ2v) is 5.37. The third kappa shape index (κ3) is 3.30. The number of carboxylic acids is 1. The maximum Gasteiger partial charge on any atom is 0.336 e. The molecule has 2 unspecified atom stereocenters. The number of nitrogens with zero attached hydrogens (tertiary/aromatic N) is 1. The molecule has 1 aliphatic rings. The van der Waals surface area contributed by atoms with Gasteiger partial charge in [0.05, 0.1) is 16.6 Å². The van der Waals surface area contributed by atoms with Crippen LogP contribution < -0.4 is 5.32 Å². The minimum atomic E-state index is -1.21. The fourth-order valence-electron chi connectivity index (χ4n) is 2.69. The molecular formula is C14H18N2O5. The number of nitro benzene ring substituents is 1. The smallest absolute Gasteiger partial charge is 0.336 e. The summed E-state index contributed by atoms with van der Waals surface area (Å²) in [6.07, 6.45) is 2.26. The first-order chi connectivity index (χ1) is 9.90. The first-order valence-electron chi connectivity index (χ1n) is 6.84. The minimum absolute atomic E-state index is 0.0944. The van der Waals surface area contributed by atoms with E-state index in [4.69, 9.17) is 5.11 Å². The van der Waals surface area contributed by atoms with Gasteiger partial charge in [0.1, 0.15) is 0 Å². The number of benzene rings is 1. The standard InChI is InChI=1S/C14H18N2O5/c1-8-11(15-7-9-3-2-4-13(9)17)5-10(14(18)19)6-12(8)16(20)21/h5-6,9,13,15,17H,2-4,7H2,1H3,(H,18,19). The van der Waals surface area contributed by atoms with E-state index in [2.05, 4.69) is 5.32 Å². The number of nitrogens with one attached hydrogen (secondary N) is 1. The Morgan fingerprint density at radius 3 is 2.71 bits per heavy atom. The van der Waals surface area contributed by atoms with Gasteiger partial charge >= 0.3 is 5.97 Å². The van der Waals surface area contributed by atoms with Crippen molar-refractivity contribution in [2.24, 2.45) is 5.92 Å². The Morgan fingerprint density at radius 2 is 2.19 bits per heavy atom. The Balaban J connectivity index is 2.24. The zero-order valence-corrected chi connectivity index (χ0v) is 11.7. The number of carbonyl (C=O) groups is 1. The number of carboxylic acid groups (broad SMARTS) is 1. The Morgan fingerprint density at radius 1 is 1.48 bits per heavy atom. The van der Waals surface area contributed by atoms with E-state index in [-0.39, 0.29) is 23.3 Å². The van der Waals surface area contributed by atoms with Gasteiger partial charge in [-0.05, 0) is 25.8 Å². The first-order valence-corrected chi connectivity index (χ1v) is 6.84. The lowest BCUT2D eigenvalue weighted by molar-refractivity contribution is -0.385. The summed E-state index contributed by atoms with van der Waals surface area (Å²) in [7, 11) is 0. The zero-order chi connectivity index (χ0) is 15.6. The molecule has 0 heterocycles. The van der Waals surface area contributed by atoms with Crippen LogP contribution in [0.25, 0.3) is 0 Å². The van der Waals surface area contributed by atoms with Gasteiger partial charge in [-0.3, -0.25) is 10.1 Å². The van der Waals surface area contributed by atoms with Gasteiger partial charge in [0.2, 0.25) is 0 Å². The lowest BCUT2D eigenvalue weighted by atomic mass is 10.0. The second kappa shape index (κ2) is 6.09. The third-order valence-corrected chi connectivity index (χ3v) is 4.00. The first kappa shape index (κ1) is 15.2. The molecule has 1 aromatic rings. The van der Waals surface area contributed by atoms with E-state index in [9.17, 15) is 20.0 Å². The van der Waals surface area contributed by atoms with Crippen LogP contribution >= 0.6 is 0 Å². The highest BCUT2D eigenvalue weighted by atomic mass is 16.6. The van der Waals surface area contributed by atoms with Gasteiger partial charge < -0.3 is 15.5 Å². The molecule has 2 rings (SSSR count). The van der Waals surface area contributed by atoms with Gasteiger partial charge in [-0.15, -0.1) is 0 Å². The number of nitro groups is 1. The van der Waals surface area contributed by atoms with Crippen molar-refractivity contribution in [3.63, 3.8) is 0 Å². The molecule has 1 aromatic carbocycles. The van der Waals surface area contributed by atoms with E-state index in [1.165, 1.54) is 6.07 Å². The van der Waals surface area contributed by atoms with Gasteiger partial charge in [0.25, 0.3) is 5.69 Å². The van der Waals surface area contributed by atoms with Crippen LogP contribution in [0.15, 0.2) is 12.1 Å². The molecule has 7 nitrogen and oxygen atoms in total. The molecule has 0 bridgehead atoms. The van der Waals surface area contributed by atoms with Gasteiger partial charge in [0.15, 0.2) is 0 Å². The summed E-state index contributed by atoms with van der Waals surface area (Å²) < 4.78 is 0. The fourth-order valence-corrected chi connectivity index (χ4v) is 2.69. The highest BCUT2D eigenvalue weighted by Gasteiger charge is 2.26. The molecule has 3 N–H and O–H groups in total. The van der Waals surface area contributed by atoms with Crippen LogP contribution in [0.3, 0.4) is 0 Å². The van der Waals surface area contributed by atoms with Crippen LogP contribution in [0.2, 0.25) is 0 Å². The molecule has 2 atom stereocenters. The number of aliphatic hydroxyl groups excluding tert-OH is 1. The summed E-state index contributed by atoms with van der Waals surface area (Å²) in [6, 6.07) is 2.46. The molecule has 0 radical (unpaired) electrons. The van der Waals surface area contributed by atoms with Gasteiger partial charge in [-0.1, -0.05) is 6.42 Å².